The van der Waals surface area contributed by atoms with Gasteiger partial charge in [-0.25, -0.2) is 19.3 Å². The van der Waals surface area contributed by atoms with Crippen LogP contribution in [0.4, 0.5) is 10.1 Å². The molecule has 0 radical (unpaired) electrons. The van der Waals surface area contributed by atoms with Crippen LogP contribution in [-0.2, 0) is 10.2 Å². The molecular weight excluding hydrogens is 437 g/mol. The lowest BCUT2D eigenvalue weighted by atomic mass is 9.74. The fourth-order valence-electron chi connectivity index (χ4n) is 4.05. The summed E-state index contributed by atoms with van der Waals surface area (Å²) >= 11 is 7.52. The van der Waals surface area contributed by atoms with Gasteiger partial charge >= 0.3 is 0 Å². The molecule has 31 heavy (non-hydrogen) atoms. The molecule has 2 aromatic heterocycles. The van der Waals surface area contributed by atoms with Gasteiger partial charge in [-0.15, -0.1) is 11.3 Å². The van der Waals surface area contributed by atoms with Crippen molar-refractivity contribution in [2.45, 2.75) is 32.1 Å². The average Bonchev–Trinajstić information content (AvgIpc) is 3.22. The van der Waals surface area contributed by atoms with Crippen LogP contribution in [0.2, 0.25) is 5.28 Å². The highest BCUT2D eigenvalue weighted by Crippen LogP contribution is 2.45. The van der Waals surface area contributed by atoms with Gasteiger partial charge in [0.1, 0.15) is 0 Å². The van der Waals surface area contributed by atoms with E-state index < -0.39 is 5.82 Å². The Morgan fingerprint density at radius 2 is 2.00 bits per heavy atom. The number of rotatable bonds is 5. The number of hydrogen-bond acceptors (Lipinski definition) is 6. The summed E-state index contributed by atoms with van der Waals surface area (Å²) in [5.74, 6) is -0.159. The van der Waals surface area contributed by atoms with Crippen LogP contribution in [0.5, 0.6) is 0 Å². The van der Waals surface area contributed by atoms with E-state index in [1.165, 1.54) is 17.4 Å². The first-order valence-corrected chi connectivity index (χ1v) is 11.2. The molecule has 1 amide bonds. The predicted molar refractivity (Wildman–Crippen MR) is 121 cm³/mol. The molecule has 1 aromatic carbocycles. The second kappa shape index (κ2) is 8.51. The Morgan fingerprint density at radius 3 is 2.68 bits per heavy atom. The number of aromatic nitrogens is 3. The highest BCUT2D eigenvalue weighted by Gasteiger charge is 2.37. The summed E-state index contributed by atoms with van der Waals surface area (Å²) < 4.78 is 14.9. The first-order valence-electron chi connectivity index (χ1n) is 10.0. The lowest BCUT2D eigenvalue weighted by Crippen LogP contribution is -2.40. The Balaban J connectivity index is 1.82. The molecule has 1 aliphatic rings. The van der Waals surface area contributed by atoms with Gasteiger partial charge in [0.2, 0.25) is 11.7 Å². The van der Waals surface area contributed by atoms with Gasteiger partial charge in [0.05, 0.1) is 27.0 Å². The molecule has 9 heteroatoms. The number of amides is 1. The molecule has 0 bridgehead atoms. The van der Waals surface area contributed by atoms with E-state index in [0.717, 1.165) is 42.2 Å². The number of carbonyl (C=O) groups excluding carboxylic acids is 1. The van der Waals surface area contributed by atoms with Gasteiger partial charge in [0, 0.05) is 30.3 Å². The monoisotopic (exact) mass is 459 g/mol. The summed E-state index contributed by atoms with van der Waals surface area (Å²) in [6.07, 6.45) is 4.26. The SMILES string of the molecule is CC(C)(c1nc(-c2cccc(N)c2F)c(-c2ccnc(Cl)n2)s1)C1CCN(C=O)CC1. The fourth-order valence-corrected chi connectivity index (χ4v) is 5.43. The summed E-state index contributed by atoms with van der Waals surface area (Å²) in [5.41, 5.74) is 7.05. The van der Waals surface area contributed by atoms with Crippen molar-refractivity contribution in [3.8, 4) is 21.8 Å². The van der Waals surface area contributed by atoms with Crippen molar-refractivity contribution < 1.29 is 9.18 Å². The van der Waals surface area contributed by atoms with E-state index in [-0.39, 0.29) is 16.4 Å². The van der Waals surface area contributed by atoms with Crippen LogP contribution in [-0.4, -0.2) is 39.4 Å². The Morgan fingerprint density at radius 1 is 1.26 bits per heavy atom. The topological polar surface area (TPSA) is 85.0 Å². The molecule has 1 fully saturated rings. The first kappa shape index (κ1) is 21.6. The van der Waals surface area contributed by atoms with Crippen molar-refractivity contribution in [1.29, 1.82) is 0 Å². The number of anilines is 1. The zero-order chi connectivity index (χ0) is 22.2. The van der Waals surface area contributed by atoms with Crippen LogP contribution in [0.15, 0.2) is 30.5 Å². The van der Waals surface area contributed by atoms with Crippen LogP contribution in [0.1, 0.15) is 31.7 Å². The molecule has 0 atom stereocenters. The highest BCUT2D eigenvalue weighted by atomic mass is 35.5. The summed E-state index contributed by atoms with van der Waals surface area (Å²) in [7, 11) is 0. The van der Waals surface area contributed by atoms with E-state index in [2.05, 4.69) is 23.8 Å². The number of benzene rings is 1. The predicted octanol–water partition coefficient (Wildman–Crippen LogP) is 4.79. The molecule has 1 aliphatic heterocycles. The minimum Gasteiger partial charge on any atom is -0.396 e. The number of piperidine rings is 1. The van der Waals surface area contributed by atoms with Crippen LogP contribution >= 0.6 is 22.9 Å². The van der Waals surface area contributed by atoms with E-state index in [0.29, 0.717) is 22.9 Å². The zero-order valence-electron chi connectivity index (χ0n) is 17.3. The Bertz CT molecular complexity index is 1110. The number of thiazole rings is 1. The number of nitrogen functional groups attached to an aromatic ring is 1. The van der Waals surface area contributed by atoms with Gasteiger partial charge < -0.3 is 10.6 Å². The molecule has 3 aromatic rings. The summed E-state index contributed by atoms with van der Waals surface area (Å²) in [6.45, 7) is 5.77. The molecule has 3 heterocycles. The number of nitrogens with zero attached hydrogens (tertiary/aromatic N) is 4. The number of carbonyl (C=O) groups is 1. The van der Waals surface area contributed by atoms with Crippen LogP contribution in [0.3, 0.4) is 0 Å². The van der Waals surface area contributed by atoms with Gasteiger partial charge in [-0.3, -0.25) is 4.79 Å². The molecule has 0 aliphatic carbocycles. The highest BCUT2D eigenvalue weighted by molar-refractivity contribution is 7.15. The Labute approximate surface area is 189 Å². The first-order chi connectivity index (χ1) is 14.8. The Kier molecular flexibility index (Phi) is 5.94. The lowest BCUT2D eigenvalue weighted by Gasteiger charge is -2.38. The second-order valence-electron chi connectivity index (χ2n) is 8.25. The average molecular weight is 460 g/mol. The van der Waals surface area contributed by atoms with Crippen molar-refractivity contribution in [1.82, 2.24) is 19.9 Å². The third-order valence-electron chi connectivity index (χ3n) is 6.02. The van der Waals surface area contributed by atoms with Crippen molar-refractivity contribution in [3.63, 3.8) is 0 Å². The molecule has 6 nitrogen and oxygen atoms in total. The molecule has 4 rings (SSSR count). The van der Waals surface area contributed by atoms with Crippen LogP contribution < -0.4 is 5.73 Å². The third-order valence-corrected chi connectivity index (χ3v) is 7.62. The number of hydrogen-bond donors (Lipinski definition) is 1. The van der Waals surface area contributed by atoms with Gasteiger partial charge in [0.25, 0.3) is 0 Å². The summed E-state index contributed by atoms with van der Waals surface area (Å²) in [6, 6.07) is 6.65. The molecular formula is C22H23ClFN5OS. The van der Waals surface area contributed by atoms with E-state index in [4.69, 9.17) is 22.3 Å². The molecule has 1 saturated heterocycles. The van der Waals surface area contributed by atoms with Crippen molar-refractivity contribution in [2.75, 3.05) is 18.8 Å². The van der Waals surface area contributed by atoms with Crippen molar-refractivity contribution in [3.05, 3.63) is 46.6 Å². The second-order valence-corrected chi connectivity index (χ2v) is 9.59. The Hall–Kier alpha value is -2.58. The molecule has 162 valence electrons. The van der Waals surface area contributed by atoms with Gasteiger partial charge in [0.15, 0.2) is 5.82 Å². The maximum Gasteiger partial charge on any atom is 0.222 e. The van der Waals surface area contributed by atoms with Gasteiger partial charge in [-0.2, -0.15) is 0 Å². The normalized spacial score (nSPS) is 15.3. The van der Waals surface area contributed by atoms with E-state index in [1.54, 1.807) is 29.3 Å². The van der Waals surface area contributed by atoms with Gasteiger partial charge in [-0.05, 0) is 48.6 Å². The van der Waals surface area contributed by atoms with Crippen LogP contribution in [0, 0.1) is 11.7 Å². The van der Waals surface area contributed by atoms with Crippen LogP contribution in [0.25, 0.3) is 21.8 Å². The van der Waals surface area contributed by atoms with Crippen molar-refractivity contribution >= 4 is 35.0 Å². The van der Waals surface area contributed by atoms with E-state index in [9.17, 15) is 9.18 Å². The van der Waals surface area contributed by atoms with E-state index in [1.807, 2.05) is 0 Å². The molecule has 2 N–H and O–H groups in total. The maximum atomic E-state index is 14.9. The van der Waals surface area contributed by atoms with Gasteiger partial charge in [-0.1, -0.05) is 19.9 Å². The largest absolute Gasteiger partial charge is 0.396 e. The summed E-state index contributed by atoms with van der Waals surface area (Å²) in [5, 5.41) is 1.01. The quantitative estimate of drug-likeness (QED) is 0.337. The van der Waals surface area contributed by atoms with Crippen molar-refractivity contribution in [2.24, 2.45) is 5.92 Å². The minimum absolute atomic E-state index is 0.0687. The molecule has 0 saturated carbocycles. The minimum atomic E-state index is -0.502. The maximum absolute atomic E-state index is 14.9. The smallest absolute Gasteiger partial charge is 0.222 e. The molecule has 0 spiro atoms. The molecule has 0 unspecified atom stereocenters. The number of nitrogens with two attached hydrogens (primary N) is 1. The summed E-state index contributed by atoms with van der Waals surface area (Å²) in [4.78, 5) is 26.8. The lowest BCUT2D eigenvalue weighted by molar-refractivity contribution is -0.119. The third kappa shape index (κ3) is 4.14. The fraction of sp³-hybridized carbons (Fsp3) is 0.364. The standard InChI is InChI=1S/C22H23ClFN5OS/c1-22(2,13-7-10-29(12-30)11-8-13)20-28-18(14-4-3-5-15(25)17(14)24)19(31-20)16-6-9-26-21(23)27-16/h3-6,9,12-13H,7-8,10-11,25H2,1-2H3. The zero-order valence-corrected chi connectivity index (χ0v) is 18.9. The number of likely N-dealkylation sites (tertiary alicyclic amines) is 1. The van der Waals surface area contributed by atoms with E-state index >= 15 is 0 Å². The number of halogens is 2.